The molecule has 1 aromatic heterocycles. The topological polar surface area (TPSA) is 67.0 Å². The fraction of sp³-hybridized carbons (Fsp3) is 0.333. The Morgan fingerprint density at radius 3 is 3.14 bits per heavy atom. The zero-order valence-electron chi connectivity index (χ0n) is 11.6. The molecule has 0 saturated heterocycles. The fourth-order valence-corrected chi connectivity index (χ4v) is 2.87. The molecule has 5 nitrogen and oxygen atoms in total. The summed E-state index contributed by atoms with van der Waals surface area (Å²) in [5.41, 5.74) is 2.82. The monoisotopic (exact) mass is 305 g/mol. The van der Waals surface area contributed by atoms with Crippen LogP contribution in [-0.4, -0.2) is 23.0 Å². The van der Waals surface area contributed by atoms with Gasteiger partial charge in [-0.25, -0.2) is 4.98 Å². The average molecular weight is 306 g/mol. The van der Waals surface area contributed by atoms with Crippen molar-refractivity contribution in [1.82, 2.24) is 9.97 Å². The van der Waals surface area contributed by atoms with Gasteiger partial charge in [-0.15, -0.1) is 0 Å². The Bertz CT molecular complexity index is 669. The number of amides is 1. The number of nitrogens with one attached hydrogen (secondary N) is 2. The van der Waals surface area contributed by atoms with Gasteiger partial charge in [0.05, 0.1) is 24.2 Å². The molecule has 110 valence electrons. The van der Waals surface area contributed by atoms with Crippen molar-refractivity contribution in [2.45, 2.75) is 19.3 Å². The van der Waals surface area contributed by atoms with E-state index in [1.807, 2.05) is 0 Å². The molecule has 1 unspecified atom stereocenters. The molecule has 1 heterocycles. The molecular formula is C15H16ClN3O2. The number of ether oxygens (including phenoxy) is 1. The van der Waals surface area contributed by atoms with Crippen LogP contribution in [0.15, 0.2) is 24.5 Å². The molecule has 0 fully saturated rings. The maximum atomic E-state index is 12.3. The fourth-order valence-electron chi connectivity index (χ4n) is 2.61. The average Bonchev–Trinajstić information content (AvgIpc) is 2.94. The van der Waals surface area contributed by atoms with E-state index < -0.39 is 0 Å². The molecule has 21 heavy (non-hydrogen) atoms. The number of anilines is 1. The third-order valence-electron chi connectivity index (χ3n) is 3.78. The van der Waals surface area contributed by atoms with Crippen LogP contribution in [0, 0.1) is 5.92 Å². The van der Waals surface area contributed by atoms with Crippen LogP contribution in [0.25, 0.3) is 0 Å². The minimum atomic E-state index is -0.0428. The number of hydrogen-bond donors (Lipinski definition) is 2. The number of H-pyrrole nitrogens is 1. The van der Waals surface area contributed by atoms with Gasteiger partial charge in [-0.05, 0) is 31.0 Å². The predicted octanol–water partition coefficient (Wildman–Crippen LogP) is 2.82. The van der Waals surface area contributed by atoms with Gasteiger partial charge in [0.25, 0.3) is 0 Å². The van der Waals surface area contributed by atoms with Crippen molar-refractivity contribution in [1.29, 1.82) is 0 Å². The first-order valence-electron chi connectivity index (χ1n) is 6.83. The lowest BCUT2D eigenvalue weighted by molar-refractivity contribution is -0.120. The number of halogens is 1. The molecule has 2 N–H and O–H groups in total. The highest BCUT2D eigenvalue weighted by Crippen LogP contribution is 2.28. The Morgan fingerprint density at radius 2 is 2.38 bits per heavy atom. The van der Waals surface area contributed by atoms with Crippen LogP contribution in [0.1, 0.15) is 17.8 Å². The third kappa shape index (κ3) is 2.88. The van der Waals surface area contributed by atoms with E-state index in [1.165, 1.54) is 0 Å². The van der Waals surface area contributed by atoms with Gasteiger partial charge in [0, 0.05) is 23.7 Å². The minimum absolute atomic E-state index is 0.0106. The lowest BCUT2D eigenvalue weighted by Gasteiger charge is -2.20. The van der Waals surface area contributed by atoms with Gasteiger partial charge in [-0.2, -0.15) is 0 Å². The molecule has 1 aromatic carbocycles. The van der Waals surface area contributed by atoms with Crippen molar-refractivity contribution in [3.05, 3.63) is 40.9 Å². The number of rotatable bonds is 3. The highest BCUT2D eigenvalue weighted by Gasteiger charge is 2.26. The van der Waals surface area contributed by atoms with Crippen molar-refractivity contribution >= 4 is 23.2 Å². The van der Waals surface area contributed by atoms with Crippen LogP contribution in [-0.2, 0) is 17.6 Å². The maximum Gasteiger partial charge on any atom is 0.227 e. The van der Waals surface area contributed by atoms with Crippen LogP contribution in [0.2, 0.25) is 5.02 Å². The number of fused-ring (bicyclic) bond motifs is 1. The second-order valence-electron chi connectivity index (χ2n) is 5.11. The van der Waals surface area contributed by atoms with Crippen LogP contribution in [0.4, 0.5) is 5.69 Å². The quantitative estimate of drug-likeness (QED) is 0.916. The number of aryl methyl sites for hydroxylation is 1. The van der Waals surface area contributed by atoms with Gasteiger partial charge in [0.1, 0.15) is 5.75 Å². The number of hydrogen-bond acceptors (Lipinski definition) is 3. The zero-order chi connectivity index (χ0) is 14.8. The molecule has 6 heteroatoms. The molecule has 0 spiro atoms. The molecule has 0 saturated carbocycles. The van der Waals surface area contributed by atoms with Crippen molar-refractivity contribution in [3.63, 3.8) is 0 Å². The summed E-state index contributed by atoms with van der Waals surface area (Å²) in [5.74, 6) is 0.560. The van der Waals surface area contributed by atoms with Crippen molar-refractivity contribution in [2.75, 3.05) is 12.4 Å². The lowest BCUT2D eigenvalue weighted by Crippen LogP contribution is -2.28. The summed E-state index contributed by atoms with van der Waals surface area (Å²) in [4.78, 5) is 19.7. The van der Waals surface area contributed by atoms with Gasteiger partial charge >= 0.3 is 0 Å². The molecule has 2 aromatic rings. The van der Waals surface area contributed by atoms with Gasteiger partial charge in [-0.3, -0.25) is 4.79 Å². The molecule has 0 radical (unpaired) electrons. The minimum Gasteiger partial charge on any atom is -0.495 e. The largest absolute Gasteiger partial charge is 0.495 e. The molecule has 0 aliphatic heterocycles. The number of carbonyl (C=O) groups is 1. The normalized spacial score (nSPS) is 17.1. The van der Waals surface area contributed by atoms with E-state index in [0.717, 1.165) is 24.2 Å². The van der Waals surface area contributed by atoms with Crippen LogP contribution in [0.3, 0.4) is 0 Å². The van der Waals surface area contributed by atoms with Crippen molar-refractivity contribution in [2.24, 2.45) is 5.92 Å². The Hall–Kier alpha value is -2.01. The highest BCUT2D eigenvalue weighted by atomic mass is 35.5. The standard InChI is InChI=1S/C15H16ClN3O2/c1-21-14-5-3-10(7-11(14)16)19-15(20)9-2-4-12-13(6-9)18-8-17-12/h3,5,7-9H,2,4,6H2,1H3,(H,17,18)(H,19,20). The van der Waals surface area contributed by atoms with Gasteiger partial charge in [-0.1, -0.05) is 11.6 Å². The van der Waals surface area contributed by atoms with Crippen LogP contribution >= 0.6 is 11.6 Å². The van der Waals surface area contributed by atoms with E-state index >= 15 is 0 Å². The molecule has 1 aliphatic rings. The number of nitrogens with zero attached hydrogens (tertiary/aromatic N) is 1. The second-order valence-corrected chi connectivity index (χ2v) is 5.51. The Kier molecular flexibility index (Phi) is 3.84. The van der Waals surface area contributed by atoms with E-state index in [0.29, 0.717) is 22.9 Å². The number of aromatic nitrogens is 2. The summed E-state index contributed by atoms with van der Waals surface area (Å²) in [6.07, 6.45) is 4.03. The number of benzene rings is 1. The number of methoxy groups -OCH3 is 1. The summed E-state index contributed by atoms with van der Waals surface area (Å²) < 4.78 is 5.10. The van der Waals surface area contributed by atoms with E-state index in [4.69, 9.17) is 16.3 Å². The Balaban J connectivity index is 1.68. The third-order valence-corrected chi connectivity index (χ3v) is 4.07. The van der Waals surface area contributed by atoms with Gasteiger partial charge < -0.3 is 15.0 Å². The zero-order valence-corrected chi connectivity index (χ0v) is 12.4. The predicted molar refractivity (Wildman–Crippen MR) is 80.7 cm³/mol. The number of imidazole rings is 1. The van der Waals surface area contributed by atoms with Gasteiger partial charge in [0.15, 0.2) is 0 Å². The van der Waals surface area contributed by atoms with E-state index in [9.17, 15) is 4.79 Å². The van der Waals surface area contributed by atoms with Crippen molar-refractivity contribution < 1.29 is 9.53 Å². The molecular weight excluding hydrogens is 290 g/mol. The van der Waals surface area contributed by atoms with Crippen LogP contribution in [0.5, 0.6) is 5.75 Å². The molecule has 1 atom stereocenters. The van der Waals surface area contributed by atoms with Gasteiger partial charge in [0.2, 0.25) is 5.91 Å². The van der Waals surface area contributed by atoms with E-state index in [2.05, 4.69) is 15.3 Å². The van der Waals surface area contributed by atoms with E-state index in [1.54, 1.807) is 31.6 Å². The first-order chi connectivity index (χ1) is 10.2. The number of carbonyl (C=O) groups excluding carboxylic acids is 1. The molecule has 1 amide bonds. The summed E-state index contributed by atoms with van der Waals surface area (Å²) in [6.45, 7) is 0. The number of aromatic amines is 1. The van der Waals surface area contributed by atoms with Crippen LogP contribution < -0.4 is 10.1 Å². The first kappa shape index (κ1) is 13.9. The molecule has 1 aliphatic carbocycles. The summed E-state index contributed by atoms with van der Waals surface area (Å²) >= 11 is 6.06. The first-order valence-corrected chi connectivity index (χ1v) is 7.20. The molecule has 0 bridgehead atoms. The lowest BCUT2D eigenvalue weighted by atomic mass is 9.89. The highest BCUT2D eigenvalue weighted by molar-refractivity contribution is 6.32. The van der Waals surface area contributed by atoms with E-state index in [-0.39, 0.29) is 11.8 Å². The molecule has 3 rings (SSSR count). The Morgan fingerprint density at radius 1 is 1.52 bits per heavy atom. The summed E-state index contributed by atoms with van der Waals surface area (Å²) in [7, 11) is 1.56. The summed E-state index contributed by atoms with van der Waals surface area (Å²) in [6, 6.07) is 5.22. The SMILES string of the molecule is COc1ccc(NC(=O)C2CCc3nc[nH]c3C2)cc1Cl. The summed E-state index contributed by atoms with van der Waals surface area (Å²) in [5, 5.41) is 3.39. The second kappa shape index (κ2) is 5.77. The Labute approximate surface area is 127 Å². The smallest absolute Gasteiger partial charge is 0.227 e. The van der Waals surface area contributed by atoms with Crippen molar-refractivity contribution in [3.8, 4) is 5.75 Å². The maximum absolute atomic E-state index is 12.3.